The molecule has 1 amide bonds. The monoisotopic (exact) mass is 282 g/mol. The largest absolute Gasteiger partial charge is 0.506 e. The molecule has 5 N–H and O–H groups in total. The number of nitrogens with two attached hydrogens (primary N) is 1. The standard InChI is InChI=1S/C14H22N2O4/c1-14(2,3)20-13(19)16-11-6-9(4-5-12(11)18)10(7-15)8-17/h4-6,10,17-18H,7-8,15H2,1-3H3,(H,16,19). The van der Waals surface area contributed by atoms with Crippen molar-refractivity contribution < 1.29 is 19.7 Å². The first-order chi connectivity index (χ1) is 9.26. The average molecular weight is 282 g/mol. The molecule has 6 heteroatoms. The molecule has 0 aliphatic heterocycles. The Morgan fingerprint density at radius 2 is 2.10 bits per heavy atom. The van der Waals surface area contributed by atoms with Crippen LogP contribution in [-0.2, 0) is 4.74 Å². The van der Waals surface area contributed by atoms with Gasteiger partial charge in [0.25, 0.3) is 0 Å². The van der Waals surface area contributed by atoms with Crippen molar-refractivity contribution in [1.82, 2.24) is 0 Å². The summed E-state index contributed by atoms with van der Waals surface area (Å²) in [7, 11) is 0. The summed E-state index contributed by atoms with van der Waals surface area (Å²) in [6, 6.07) is 4.68. The minimum absolute atomic E-state index is 0.0756. The number of carbonyl (C=O) groups is 1. The summed E-state index contributed by atoms with van der Waals surface area (Å²) < 4.78 is 5.11. The highest BCUT2D eigenvalue weighted by molar-refractivity contribution is 5.87. The Hall–Kier alpha value is -1.79. The van der Waals surface area contributed by atoms with Crippen LogP contribution in [0.25, 0.3) is 0 Å². The maximum absolute atomic E-state index is 11.7. The first-order valence-corrected chi connectivity index (χ1v) is 6.40. The fourth-order valence-electron chi connectivity index (χ4n) is 1.64. The van der Waals surface area contributed by atoms with Gasteiger partial charge in [0.2, 0.25) is 0 Å². The van der Waals surface area contributed by atoms with E-state index in [1.165, 1.54) is 6.07 Å². The van der Waals surface area contributed by atoms with E-state index < -0.39 is 11.7 Å². The lowest BCUT2D eigenvalue weighted by molar-refractivity contribution is 0.0635. The lowest BCUT2D eigenvalue weighted by Gasteiger charge is -2.20. The predicted octanol–water partition coefficient (Wildman–Crippen LogP) is 1.77. The third-order valence-electron chi connectivity index (χ3n) is 2.63. The quantitative estimate of drug-likeness (QED) is 0.630. The van der Waals surface area contributed by atoms with Crippen molar-refractivity contribution >= 4 is 11.8 Å². The van der Waals surface area contributed by atoms with Gasteiger partial charge in [-0.3, -0.25) is 5.32 Å². The molecule has 1 aromatic carbocycles. The minimum Gasteiger partial charge on any atom is -0.506 e. The SMILES string of the molecule is CC(C)(C)OC(=O)Nc1cc(C(CN)CO)ccc1O. The van der Waals surface area contributed by atoms with Crippen LogP contribution in [0.15, 0.2) is 18.2 Å². The molecule has 6 nitrogen and oxygen atoms in total. The lowest BCUT2D eigenvalue weighted by atomic mass is 9.99. The fourth-order valence-corrected chi connectivity index (χ4v) is 1.64. The number of aliphatic hydroxyl groups excluding tert-OH is 1. The van der Waals surface area contributed by atoms with E-state index >= 15 is 0 Å². The van der Waals surface area contributed by atoms with Crippen LogP contribution < -0.4 is 11.1 Å². The minimum atomic E-state index is -0.654. The molecule has 20 heavy (non-hydrogen) atoms. The highest BCUT2D eigenvalue weighted by Crippen LogP contribution is 2.28. The van der Waals surface area contributed by atoms with Gasteiger partial charge in [-0.2, -0.15) is 0 Å². The van der Waals surface area contributed by atoms with Crippen molar-refractivity contribution in [3.05, 3.63) is 23.8 Å². The van der Waals surface area contributed by atoms with Gasteiger partial charge < -0.3 is 20.7 Å². The molecular formula is C14H22N2O4. The van der Waals surface area contributed by atoms with Crippen LogP contribution >= 0.6 is 0 Å². The highest BCUT2D eigenvalue weighted by Gasteiger charge is 2.18. The summed E-state index contributed by atoms with van der Waals surface area (Å²) in [6.07, 6.45) is -0.654. The second-order valence-electron chi connectivity index (χ2n) is 5.52. The molecule has 0 fully saturated rings. The molecule has 0 spiro atoms. The van der Waals surface area contributed by atoms with E-state index in [4.69, 9.17) is 10.5 Å². The zero-order valence-corrected chi connectivity index (χ0v) is 12.0. The Kier molecular flexibility index (Phi) is 5.35. The van der Waals surface area contributed by atoms with E-state index in [0.29, 0.717) is 0 Å². The average Bonchev–Trinajstić information content (AvgIpc) is 2.32. The van der Waals surface area contributed by atoms with Gasteiger partial charge in [-0.25, -0.2) is 4.79 Å². The van der Waals surface area contributed by atoms with Gasteiger partial charge in [-0.15, -0.1) is 0 Å². The maximum Gasteiger partial charge on any atom is 0.412 e. The Balaban J connectivity index is 2.89. The number of aromatic hydroxyl groups is 1. The summed E-state index contributed by atoms with van der Waals surface area (Å²) in [5.41, 5.74) is 5.89. The van der Waals surface area contributed by atoms with Crippen LogP contribution in [0.2, 0.25) is 0 Å². The molecule has 1 aromatic rings. The zero-order valence-electron chi connectivity index (χ0n) is 12.0. The molecular weight excluding hydrogens is 260 g/mol. The van der Waals surface area contributed by atoms with E-state index in [1.807, 2.05) is 0 Å². The number of nitrogens with one attached hydrogen (secondary N) is 1. The van der Waals surface area contributed by atoms with Crippen molar-refractivity contribution in [2.45, 2.75) is 32.3 Å². The van der Waals surface area contributed by atoms with Crippen LogP contribution in [0.5, 0.6) is 5.75 Å². The molecule has 1 atom stereocenters. The van der Waals surface area contributed by atoms with Crippen molar-refractivity contribution in [2.75, 3.05) is 18.5 Å². The molecule has 0 saturated carbocycles. The summed E-state index contributed by atoms with van der Waals surface area (Å²) in [5, 5.41) is 21.4. The lowest BCUT2D eigenvalue weighted by Crippen LogP contribution is -2.27. The molecule has 0 aliphatic carbocycles. The normalized spacial score (nSPS) is 12.8. The number of amides is 1. The van der Waals surface area contributed by atoms with Crippen LogP contribution in [0.4, 0.5) is 10.5 Å². The molecule has 0 radical (unpaired) electrons. The third kappa shape index (κ3) is 4.71. The summed E-state index contributed by atoms with van der Waals surface area (Å²) >= 11 is 0. The van der Waals surface area contributed by atoms with Crippen LogP contribution in [-0.4, -0.2) is 35.1 Å². The van der Waals surface area contributed by atoms with Crippen LogP contribution in [0.1, 0.15) is 32.3 Å². The third-order valence-corrected chi connectivity index (χ3v) is 2.63. The van der Waals surface area contributed by atoms with E-state index in [1.54, 1.807) is 32.9 Å². The number of phenolic OH excluding ortho intramolecular Hbond substituents is 1. The second kappa shape index (κ2) is 6.58. The molecule has 0 aliphatic rings. The molecule has 1 unspecified atom stereocenters. The predicted molar refractivity (Wildman–Crippen MR) is 76.8 cm³/mol. The fraction of sp³-hybridized carbons (Fsp3) is 0.500. The van der Waals surface area contributed by atoms with Gasteiger partial charge >= 0.3 is 6.09 Å². The Morgan fingerprint density at radius 1 is 1.45 bits per heavy atom. The van der Waals surface area contributed by atoms with Crippen LogP contribution in [0, 0.1) is 0 Å². The molecule has 0 heterocycles. The van der Waals surface area contributed by atoms with Crippen molar-refractivity contribution in [3.63, 3.8) is 0 Å². The summed E-state index contributed by atoms with van der Waals surface area (Å²) in [5.74, 6) is -0.317. The van der Waals surface area contributed by atoms with Gasteiger partial charge in [0.1, 0.15) is 11.4 Å². The molecule has 112 valence electrons. The van der Waals surface area contributed by atoms with E-state index in [-0.39, 0.29) is 30.5 Å². The number of aliphatic hydroxyl groups is 1. The molecule has 1 rings (SSSR count). The molecule has 0 saturated heterocycles. The summed E-state index contributed by atoms with van der Waals surface area (Å²) in [6.45, 7) is 5.41. The Labute approximate surface area is 118 Å². The van der Waals surface area contributed by atoms with Gasteiger partial charge in [-0.1, -0.05) is 6.07 Å². The van der Waals surface area contributed by atoms with E-state index in [0.717, 1.165) is 5.56 Å². The number of carbonyl (C=O) groups excluding carboxylic acids is 1. The van der Waals surface area contributed by atoms with Crippen molar-refractivity contribution in [1.29, 1.82) is 0 Å². The maximum atomic E-state index is 11.7. The van der Waals surface area contributed by atoms with E-state index in [9.17, 15) is 15.0 Å². The van der Waals surface area contributed by atoms with Crippen molar-refractivity contribution in [3.8, 4) is 5.75 Å². The zero-order chi connectivity index (χ0) is 15.3. The Morgan fingerprint density at radius 3 is 2.60 bits per heavy atom. The first kappa shape index (κ1) is 16.3. The van der Waals surface area contributed by atoms with E-state index in [2.05, 4.69) is 5.32 Å². The highest BCUT2D eigenvalue weighted by atomic mass is 16.6. The first-order valence-electron chi connectivity index (χ1n) is 6.40. The number of benzene rings is 1. The number of hydrogen-bond acceptors (Lipinski definition) is 5. The van der Waals surface area contributed by atoms with Gasteiger partial charge in [0.05, 0.1) is 12.3 Å². The Bertz CT molecular complexity index is 465. The second-order valence-corrected chi connectivity index (χ2v) is 5.52. The van der Waals surface area contributed by atoms with Gasteiger partial charge in [0.15, 0.2) is 0 Å². The number of anilines is 1. The number of ether oxygens (including phenoxy) is 1. The summed E-state index contributed by atoms with van der Waals surface area (Å²) in [4.78, 5) is 11.7. The molecule has 0 bridgehead atoms. The molecule has 0 aromatic heterocycles. The number of phenols is 1. The number of rotatable bonds is 4. The van der Waals surface area contributed by atoms with Gasteiger partial charge in [-0.05, 0) is 38.5 Å². The topological polar surface area (TPSA) is 105 Å². The number of hydrogen-bond donors (Lipinski definition) is 4. The smallest absolute Gasteiger partial charge is 0.412 e. The van der Waals surface area contributed by atoms with Crippen molar-refractivity contribution in [2.24, 2.45) is 5.73 Å². The van der Waals surface area contributed by atoms with Crippen LogP contribution in [0.3, 0.4) is 0 Å². The van der Waals surface area contributed by atoms with Gasteiger partial charge in [0, 0.05) is 12.5 Å².